The third-order valence-electron chi connectivity index (χ3n) is 2.90. The van der Waals surface area contributed by atoms with Crippen LogP contribution in [0.1, 0.15) is 31.9 Å². The summed E-state index contributed by atoms with van der Waals surface area (Å²) in [7, 11) is -0.674. The molecule has 0 fully saturated rings. The van der Waals surface area contributed by atoms with Crippen molar-refractivity contribution in [2.75, 3.05) is 14.1 Å². The molecule has 1 atom stereocenters. The van der Waals surface area contributed by atoms with Gasteiger partial charge in [-0.05, 0) is 24.5 Å². The number of sulfonamides is 1. The molecule has 0 bridgehead atoms. The van der Waals surface area contributed by atoms with E-state index in [2.05, 4.69) is 4.98 Å². The van der Waals surface area contributed by atoms with Crippen molar-refractivity contribution in [1.82, 2.24) is 9.29 Å². The number of hydrogen-bond donors (Lipinski definition) is 1. The summed E-state index contributed by atoms with van der Waals surface area (Å²) in [6.45, 7) is 3.86. The van der Waals surface area contributed by atoms with Crippen molar-refractivity contribution >= 4 is 16.0 Å². The first-order valence-corrected chi connectivity index (χ1v) is 7.71. The van der Waals surface area contributed by atoms with E-state index in [4.69, 9.17) is 0 Å². The van der Waals surface area contributed by atoms with Gasteiger partial charge in [-0.3, -0.25) is 9.78 Å². The smallest absolute Gasteiger partial charge is 0.312 e. The normalized spacial score (nSPS) is 13.7. The van der Waals surface area contributed by atoms with Crippen LogP contribution in [0.15, 0.2) is 23.2 Å². The lowest BCUT2D eigenvalue weighted by Gasteiger charge is -2.15. The summed E-state index contributed by atoms with van der Waals surface area (Å²) in [6, 6.07) is 2.87. The molecule has 1 N–H and O–H groups in total. The molecular formula is C13H20N2O4S. The van der Waals surface area contributed by atoms with Gasteiger partial charge in [0.25, 0.3) is 0 Å². The van der Waals surface area contributed by atoms with Crippen molar-refractivity contribution in [1.29, 1.82) is 0 Å². The monoisotopic (exact) mass is 300 g/mol. The lowest BCUT2D eigenvalue weighted by molar-refractivity contribution is -0.139. The van der Waals surface area contributed by atoms with E-state index < -0.39 is 21.9 Å². The molecule has 0 amide bonds. The van der Waals surface area contributed by atoms with Crippen molar-refractivity contribution in [3.05, 3.63) is 24.0 Å². The predicted molar refractivity (Wildman–Crippen MR) is 74.9 cm³/mol. The number of hydrogen-bond acceptors (Lipinski definition) is 4. The molecule has 0 spiro atoms. The molecule has 112 valence electrons. The summed E-state index contributed by atoms with van der Waals surface area (Å²) in [4.78, 5) is 15.3. The standard InChI is InChI=1S/C13H20N2O4S/c1-9(2)7-11(13(16)17)12-6-5-10(8-14-12)20(18,19)15(3)4/h5-6,8-9,11H,7H2,1-4H3,(H,16,17). The van der Waals surface area contributed by atoms with Gasteiger partial charge in [-0.2, -0.15) is 0 Å². The molecule has 0 saturated carbocycles. The van der Waals surface area contributed by atoms with E-state index in [0.717, 1.165) is 4.31 Å². The van der Waals surface area contributed by atoms with Crippen molar-refractivity contribution in [3.63, 3.8) is 0 Å². The fourth-order valence-corrected chi connectivity index (χ4v) is 2.63. The first-order valence-electron chi connectivity index (χ1n) is 6.27. The number of rotatable bonds is 6. The van der Waals surface area contributed by atoms with Crippen molar-refractivity contribution in [3.8, 4) is 0 Å². The van der Waals surface area contributed by atoms with Crippen molar-refractivity contribution < 1.29 is 18.3 Å². The Morgan fingerprint density at radius 3 is 2.30 bits per heavy atom. The first-order chi connectivity index (χ1) is 9.16. The second-order valence-corrected chi connectivity index (χ2v) is 7.38. The summed E-state index contributed by atoms with van der Waals surface area (Å²) >= 11 is 0. The van der Waals surface area contributed by atoms with Crippen LogP contribution in [-0.2, 0) is 14.8 Å². The molecular weight excluding hydrogens is 280 g/mol. The van der Waals surface area contributed by atoms with Gasteiger partial charge in [0.2, 0.25) is 10.0 Å². The van der Waals surface area contributed by atoms with Gasteiger partial charge in [0.05, 0.1) is 11.6 Å². The Hall–Kier alpha value is -1.47. The highest BCUT2D eigenvalue weighted by molar-refractivity contribution is 7.89. The molecule has 0 aliphatic carbocycles. The Kier molecular flexibility index (Phi) is 5.24. The number of nitrogens with zero attached hydrogens (tertiary/aromatic N) is 2. The molecule has 0 saturated heterocycles. The molecule has 1 unspecified atom stereocenters. The van der Waals surface area contributed by atoms with Crippen LogP contribution in [0.5, 0.6) is 0 Å². The average Bonchev–Trinajstić information content (AvgIpc) is 2.35. The number of aromatic nitrogens is 1. The third-order valence-corrected chi connectivity index (χ3v) is 4.70. The highest BCUT2D eigenvalue weighted by atomic mass is 32.2. The molecule has 20 heavy (non-hydrogen) atoms. The van der Waals surface area contributed by atoms with Crippen LogP contribution in [0.25, 0.3) is 0 Å². The van der Waals surface area contributed by atoms with Crippen LogP contribution in [0, 0.1) is 5.92 Å². The van der Waals surface area contributed by atoms with Gasteiger partial charge < -0.3 is 5.11 Å². The van der Waals surface area contributed by atoms with Crippen LogP contribution in [0.4, 0.5) is 0 Å². The van der Waals surface area contributed by atoms with Gasteiger partial charge in [0.15, 0.2) is 0 Å². The molecule has 0 radical (unpaired) electrons. The number of carbonyl (C=O) groups is 1. The minimum atomic E-state index is -3.54. The zero-order valence-corrected chi connectivity index (χ0v) is 12.9. The molecule has 1 aromatic rings. The van der Waals surface area contributed by atoms with Gasteiger partial charge in [-0.25, -0.2) is 12.7 Å². The van der Waals surface area contributed by atoms with Crippen LogP contribution in [0.2, 0.25) is 0 Å². The Labute approximate surface area is 119 Å². The summed E-state index contributed by atoms with van der Waals surface area (Å²) in [6.07, 6.45) is 1.67. The van der Waals surface area contributed by atoms with Gasteiger partial charge in [0, 0.05) is 20.3 Å². The molecule has 0 aromatic carbocycles. The van der Waals surface area contributed by atoms with E-state index in [0.29, 0.717) is 12.1 Å². The van der Waals surface area contributed by atoms with Crippen molar-refractivity contribution in [2.24, 2.45) is 5.92 Å². The van der Waals surface area contributed by atoms with Crippen molar-refractivity contribution in [2.45, 2.75) is 31.1 Å². The molecule has 1 aromatic heterocycles. The lowest BCUT2D eigenvalue weighted by atomic mass is 9.94. The first kappa shape index (κ1) is 16.6. The Morgan fingerprint density at radius 1 is 1.35 bits per heavy atom. The minimum Gasteiger partial charge on any atom is -0.481 e. The highest BCUT2D eigenvalue weighted by Gasteiger charge is 2.24. The van der Waals surface area contributed by atoms with E-state index >= 15 is 0 Å². The van der Waals surface area contributed by atoms with E-state index in [9.17, 15) is 18.3 Å². The maximum atomic E-state index is 11.9. The largest absolute Gasteiger partial charge is 0.481 e. The van der Waals surface area contributed by atoms with Crippen LogP contribution in [0.3, 0.4) is 0 Å². The van der Waals surface area contributed by atoms with Crippen LogP contribution < -0.4 is 0 Å². The van der Waals surface area contributed by atoms with Gasteiger partial charge in [0.1, 0.15) is 4.90 Å². The molecule has 0 aliphatic heterocycles. The summed E-state index contributed by atoms with van der Waals surface area (Å²) in [5.74, 6) is -1.45. The minimum absolute atomic E-state index is 0.0555. The maximum Gasteiger partial charge on any atom is 0.312 e. The Morgan fingerprint density at radius 2 is 1.95 bits per heavy atom. The topological polar surface area (TPSA) is 87.6 Å². The fraction of sp³-hybridized carbons (Fsp3) is 0.538. The van der Waals surface area contributed by atoms with Gasteiger partial charge in [-0.1, -0.05) is 13.8 Å². The number of carboxylic acid groups (broad SMARTS) is 1. The molecule has 1 heterocycles. The molecule has 0 aliphatic rings. The zero-order chi connectivity index (χ0) is 15.5. The van der Waals surface area contributed by atoms with E-state index in [-0.39, 0.29) is 10.8 Å². The van der Waals surface area contributed by atoms with Crippen LogP contribution in [-0.4, -0.2) is 42.9 Å². The molecule has 7 heteroatoms. The third kappa shape index (κ3) is 3.77. The SMILES string of the molecule is CC(C)CC(C(=O)O)c1ccc(S(=O)(=O)N(C)C)cn1. The molecule has 1 rings (SSSR count). The van der Waals surface area contributed by atoms with Gasteiger partial charge in [-0.15, -0.1) is 0 Å². The Balaban J connectivity index is 3.09. The lowest BCUT2D eigenvalue weighted by Crippen LogP contribution is -2.22. The second kappa shape index (κ2) is 6.32. The predicted octanol–water partition coefficient (Wildman–Crippen LogP) is 1.55. The number of pyridine rings is 1. The van der Waals surface area contributed by atoms with Crippen LogP contribution >= 0.6 is 0 Å². The summed E-state index contributed by atoms with van der Waals surface area (Å²) in [5, 5.41) is 9.23. The number of aliphatic carboxylic acids is 1. The Bertz CT molecular complexity index is 565. The highest BCUT2D eigenvalue weighted by Crippen LogP contribution is 2.23. The fourth-order valence-electron chi connectivity index (χ4n) is 1.78. The quantitative estimate of drug-likeness (QED) is 0.861. The zero-order valence-electron chi connectivity index (χ0n) is 12.1. The summed E-state index contributed by atoms with van der Waals surface area (Å²) in [5.41, 5.74) is 0.379. The summed E-state index contributed by atoms with van der Waals surface area (Å²) < 4.78 is 24.9. The van der Waals surface area contributed by atoms with E-state index in [1.54, 1.807) is 0 Å². The molecule has 6 nitrogen and oxygen atoms in total. The van der Waals surface area contributed by atoms with Gasteiger partial charge >= 0.3 is 5.97 Å². The number of carboxylic acids is 1. The average molecular weight is 300 g/mol. The second-order valence-electron chi connectivity index (χ2n) is 5.23. The van der Waals surface area contributed by atoms with E-state index in [1.165, 1.54) is 32.4 Å². The maximum absolute atomic E-state index is 11.9. The van der Waals surface area contributed by atoms with E-state index in [1.807, 2.05) is 13.8 Å².